The van der Waals surface area contributed by atoms with E-state index in [9.17, 15) is 13.2 Å². The van der Waals surface area contributed by atoms with Gasteiger partial charge in [-0.2, -0.15) is 0 Å². The van der Waals surface area contributed by atoms with Gasteiger partial charge in [-0.25, -0.2) is 13.1 Å². The number of nitrogens with two attached hydrogens (primary N) is 1. The van der Waals surface area contributed by atoms with Gasteiger partial charge in [-0.1, -0.05) is 0 Å². The van der Waals surface area contributed by atoms with Gasteiger partial charge in [-0.3, -0.25) is 4.79 Å². The van der Waals surface area contributed by atoms with Crippen LogP contribution in [0.25, 0.3) is 0 Å². The Balaban J connectivity index is 0.00000242. The molecule has 1 unspecified atom stereocenters. The van der Waals surface area contributed by atoms with Gasteiger partial charge in [0, 0.05) is 24.7 Å². The summed E-state index contributed by atoms with van der Waals surface area (Å²) in [6, 6.07) is 5.84. The molecule has 1 aliphatic rings. The van der Waals surface area contributed by atoms with E-state index in [1.54, 1.807) is 0 Å². The monoisotopic (exact) mass is 347 g/mol. The SMILES string of the molecule is CNC(=O)c1ccc(S(=O)(=O)NC(C)(CN)C2CC2)cc1.Cl. The molecule has 1 amide bonds. The largest absolute Gasteiger partial charge is 0.355 e. The van der Waals surface area contributed by atoms with Crippen LogP contribution in [0.3, 0.4) is 0 Å². The number of benzene rings is 1. The molecule has 4 N–H and O–H groups in total. The highest BCUT2D eigenvalue weighted by Crippen LogP contribution is 2.39. The zero-order valence-electron chi connectivity index (χ0n) is 12.6. The van der Waals surface area contributed by atoms with Crippen LogP contribution >= 0.6 is 12.4 Å². The Bertz CT molecular complexity index is 629. The maximum Gasteiger partial charge on any atom is 0.251 e. The second-order valence-corrected chi connectivity index (χ2v) is 7.29. The molecule has 22 heavy (non-hydrogen) atoms. The van der Waals surface area contributed by atoms with Crippen molar-refractivity contribution in [1.82, 2.24) is 10.0 Å². The van der Waals surface area contributed by atoms with Crippen molar-refractivity contribution in [3.05, 3.63) is 29.8 Å². The van der Waals surface area contributed by atoms with E-state index in [0.29, 0.717) is 11.5 Å². The van der Waals surface area contributed by atoms with E-state index in [2.05, 4.69) is 10.0 Å². The van der Waals surface area contributed by atoms with Crippen molar-refractivity contribution in [2.45, 2.75) is 30.2 Å². The number of hydrogen-bond donors (Lipinski definition) is 3. The third-order valence-electron chi connectivity index (χ3n) is 3.92. The van der Waals surface area contributed by atoms with E-state index in [0.717, 1.165) is 12.8 Å². The maximum atomic E-state index is 12.4. The van der Waals surface area contributed by atoms with Crippen LogP contribution in [0.5, 0.6) is 0 Å². The lowest BCUT2D eigenvalue weighted by Gasteiger charge is -2.29. The third-order valence-corrected chi connectivity index (χ3v) is 5.55. The predicted molar refractivity (Wildman–Crippen MR) is 87.6 cm³/mol. The third kappa shape index (κ3) is 3.98. The van der Waals surface area contributed by atoms with Crippen molar-refractivity contribution in [2.24, 2.45) is 11.7 Å². The molecular formula is C14H22ClN3O3S. The summed E-state index contributed by atoms with van der Waals surface area (Å²) in [5.74, 6) is 0.0408. The molecule has 1 saturated carbocycles. The normalized spacial score (nSPS) is 17.2. The van der Waals surface area contributed by atoms with Gasteiger partial charge in [0.2, 0.25) is 10.0 Å². The molecule has 2 rings (SSSR count). The molecule has 1 atom stereocenters. The van der Waals surface area contributed by atoms with Gasteiger partial charge in [-0.15, -0.1) is 12.4 Å². The second-order valence-electron chi connectivity index (χ2n) is 5.60. The van der Waals surface area contributed by atoms with E-state index in [1.165, 1.54) is 31.3 Å². The van der Waals surface area contributed by atoms with E-state index < -0.39 is 15.6 Å². The first kappa shape index (κ1) is 18.9. The predicted octanol–water partition coefficient (Wildman–Crippen LogP) is 0.874. The second kappa shape index (κ2) is 6.95. The summed E-state index contributed by atoms with van der Waals surface area (Å²) < 4.78 is 27.6. The summed E-state index contributed by atoms with van der Waals surface area (Å²) >= 11 is 0. The lowest BCUT2D eigenvalue weighted by molar-refractivity contribution is 0.0963. The fraction of sp³-hybridized carbons (Fsp3) is 0.500. The van der Waals surface area contributed by atoms with Gasteiger partial charge in [0.15, 0.2) is 0 Å². The number of sulfonamides is 1. The van der Waals surface area contributed by atoms with Crippen LogP contribution in [0.2, 0.25) is 0 Å². The molecule has 0 heterocycles. The summed E-state index contributed by atoms with van der Waals surface area (Å²) in [4.78, 5) is 11.6. The molecule has 1 fully saturated rings. The van der Waals surface area contributed by atoms with Crippen molar-refractivity contribution in [3.8, 4) is 0 Å². The summed E-state index contributed by atoms with van der Waals surface area (Å²) in [5, 5.41) is 2.49. The summed E-state index contributed by atoms with van der Waals surface area (Å²) in [7, 11) is -2.12. The van der Waals surface area contributed by atoms with Gasteiger partial charge in [-0.05, 0) is 49.9 Å². The molecule has 0 spiro atoms. The highest BCUT2D eigenvalue weighted by atomic mass is 35.5. The topological polar surface area (TPSA) is 101 Å². The summed E-state index contributed by atoms with van der Waals surface area (Å²) in [6.45, 7) is 2.09. The lowest BCUT2D eigenvalue weighted by Crippen LogP contribution is -2.52. The van der Waals surface area contributed by atoms with Crippen LogP contribution in [0.1, 0.15) is 30.1 Å². The molecule has 0 saturated heterocycles. The minimum absolute atomic E-state index is 0. The molecular weight excluding hydrogens is 326 g/mol. The number of nitrogens with one attached hydrogen (secondary N) is 2. The number of amides is 1. The molecule has 1 aliphatic carbocycles. The Morgan fingerprint density at radius 2 is 1.86 bits per heavy atom. The molecule has 0 bridgehead atoms. The van der Waals surface area contributed by atoms with Crippen molar-refractivity contribution in [3.63, 3.8) is 0 Å². The quantitative estimate of drug-likeness (QED) is 0.710. The Hall–Kier alpha value is -1.15. The first-order valence-corrected chi connectivity index (χ1v) is 8.37. The first-order chi connectivity index (χ1) is 9.82. The molecule has 0 aromatic heterocycles. The molecule has 0 aliphatic heterocycles. The summed E-state index contributed by atoms with van der Waals surface area (Å²) in [5.41, 5.74) is 5.54. The van der Waals surface area contributed by atoms with Gasteiger partial charge >= 0.3 is 0 Å². The van der Waals surface area contributed by atoms with Gasteiger partial charge < -0.3 is 11.1 Å². The first-order valence-electron chi connectivity index (χ1n) is 6.88. The van der Waals surface area contributed by atoms with Crippen molar-refractivity contribution in [1.29, 1.82) is 0 Å². The Morgan fingerprint density at radius 1 is 1.32 bits per heavy atom. The van der Waals surface area contributed by atoms with Gasteiger partial charge in [0.1, 0.15) is 0 Å². The van der Waals surface area contributed by atoms with Gasteiger partial charge in [0.25, 0.3) is 5.91 Å². The van der Waals surface area contributed by atoms with E-state index in [-0.39, 0.29) is 29.8 Å². The minimum atomic E-state index is -3.65. The van der Waals surface area contributed by atoms with Crippen LogP contribution in [0.15, 0.2) is 29.2 Å². The molecule has 124 valence electrons. The van der Waals surface area contributed by atoms with Crippen molar-refractivity contribution in [2.75, 3.05) is 13.6 Å². The number of halogens is 1. The van der Waals surface area contributed by atoms with E-state index in [4.69, 9.17) is 5.73 Å². The van der Waals surface area contributed by atoms with E-state index >= 15 is 0 Å². The average Bonchev–Trinajstić information content (AvgIpc) is 3.31. The number of hydrogen-bond acceptors (Lipinski definition) is 4. The van der Waals surface area contributed by atoms with Crippen LogP contribution in [0, 0.1) is 5.92 Å². The Kier molecular flexibility index (Phi) is 5.97. The molecule has 1 aromatic carbocycles. The smallest absolute Gasteiger partial charge is 0.251 e. The van der Waals surface area contributed by atoms with Crippen LogP contribution in [0.4, 0.5) is 0 Å². The Labute approximate surface area is 137 Å². The summed E-state index contributed by atoms with van der Waals surface area (Å²) in [6.07, 6.45) is 1.98. The van der Waals surface area contributed by atoms with Crippen molar-refractivity contribution >= 4 is 28.3 Å². The van der Waals surface area contributed by atoms with E-state index in [1.807, 2.05) is 6.92 Å². The highest BCUT2D eigenvalue weighted by molar-refractivity contribution is 7.89. The fourth-order valence-electron chi connectivity index (χ4n) is 2.31. The fourth-order valence-corrected chi connectivity index (χ4v) is 3.78. The zero-order chi connectivity index (χ0) is 15.7. The number of rotatable bonds is 6. The highest BCUT2D eigenvalue weighted by Gasteiger charge is 2.43. The van der Waals surface area contributed by atoms with Crippen LogP contribution in [-0.2, 0) is 10.0 Å². The zero-order valence-corrected chi connectivity index (χ0v) is 14.3. The molecule has 8 heteroatoms. The standard InChI is InChI=1S/C14H21N3O3S.ClH/c1-14(9-15,11-5-6-11)17-21(19,20)12-7-3-10(4-8-12)13(18)16-2;/h3-4,7-8,11,17H,5-6,9,15H2,1-2H3,(H,16,18);1H. The number of carbonyl (C=O) groups excluding carboxylic acids is 1. The minimum Gasteiger partial charge on any atom is -0.355 e. The average molecular weight is 348 g/mol. The van der Waals surface area contributed by atoms with Gasteiger partial charge in [0.05, 0.1) is 4.90 Å². The lowest BCUT2D eigenvalue weighted by atomic mass is 9.98. The molecule has 1 aromatic rings. The van der Waals surface area contributed by atoms with Crippen LogP contribution < -0.4 is 15.8 Å². The maximum absolute atomic E-state index is 12.4. The molecule has 0 radical (unpaired) electrons. The number of carbonyl (C=O) groups is 1. The Morgan fingerprint density at radius 3 is 2.27 bits per heavy atom. The van der Waals surface area contributed by atoms with Crippen LogP contribution in [-0.4, -0.2) is 33.5 Å². The van der Waals surface area contributed by atoms with Crippen molar-refractivity contribution < 1.29 is 13.2 Å². The molecule has 6 nitrogen and oxygen atoms in total.